The standard InChI is InChI=1S/C15H23NO5S/c1-11-6-7-16(13(9-11)14-5-4-8-21-14)22(18,19)10-12(2)15(17)20-3/h4-5,8,11-13H,6-7,9-10H2,1-3H3/t11-,12-,13-/m1/s1. The summed E-state index contributed by atoms with van der Waals surface area (Å²) in [7, 11) is -2.30. The number of nitrogens with zero attached hydrogens (tertiary/aromatic N) is 1. The van der Waals surface area contributed by atoms with Crippen LogP contribution in [0.1, 0.15) is 38.5 Å². The molecule has 0 radical (unpaired) electrons. The summed E-state index contributed by atoms with van der Waals surface area (Å²) < 4.78 is 36.9. The molecule has 2 heterocycles. The molecule has 0 spiro atoms. The number of hydrogen-bond acceptors (Lipinski definition) is 5. The van der Waals surface area contributed by atoms with E-state index in [0.717, 1.165) is 12.8 Å². The van der Waals surface area contributed by atoms with Gasteiger partial charge in [-0.3, -0.25) is 4.79 Å². The molecule has 1 aromatic heterocycles. The van der Waals surface area contributed by atoms with E-state index in [1.807, 2.05) is 0 Å². The van der Waals surface area contributed by atoms with Gasteiger partial charge in [-0.15, -0.1) is 0 Å². The van der Waals surface area contributed by atoms with Crippen molar-refractivity contribution in [3.63, 3.8) is 0 Å². The molecule has 2 rings (SSSR count). The maximum absolute atomic E-state index is 12.7. The molecular weight excluding hydrogens is 306 g/mol. The van der Waals surface area contributed by atoms with Gasteiger partial charge in [0.1, 0.15) is 5.76 Å². The highest BCUT2D eigenvalue weighted by molar-refractivity contribution is 7.89. The molecule has 1 saturated heterocycles. The van der Waals surface area contributed by atoms with Crippen LogP contribution in [0, 0.1) is 11.8 Å². The van der Waals surface area contributed by atoms with Crippen molar-refractivity contribution >= 4 is 16.0 Å². The first kappa shape index (κ1) is 17.0. The number of ether oxygens (including phenoxy) is 1. The Morgan fingerprint density at radius 3 is 2.86 bits per heavy atom. The Kier molecular flexibility index (Phi) is 5.28. The molecule has 22 heavy (non-hydrogen) atoms. The van der Waals surface area contributed by atoms with Crippen LogP contribution in [0.4, 0.5) is 0 Å². The molecule has 0 unspecified atom stereocenters. The average Bonchev–Trinajstić information content (AvgIpc) is 2.99. The van der Waals surface area contributed by atoms with Crippen molar-refractivity contribution in [3.05, 3.63) is 24.2 Å². The van der Waals surface area contributed by atoms with Crippen molar-refractivity contribution in [2.75, 3.05) is 19.4 Å². The predicted molar refractivity (Wildman–Crippen MR) is 81.5 cm³/mol. The molecular formula is C15H23NO5S. The fourth-order valence-electron chi connectivity index (χ4n) is 2.87. The van der Waals surface area contributed by atoms with E-state index < -0.39 is 21.9 Å². The topological polar surface area (TPSA) is 76.8 Å². The van der Waals surface area contributed by atoms with Gasteiger partial charge in [-0.05, 0) is 30.9 Å². The smallest absolute Gasteiger partial charge is 0.309 e. The summed E-state index contributed by atoms with van der Waals surface area (Å²) in [6.07, 6.45) is 3.08. The van der Waals surface area contributed by atoms with Crippen LogP contribution in [0.3, 0.4) is 0 Å². The summed E-state index contributed by atoms with van der Waals surface area (Å²) in [5, 5.41) is 0. The van der Waals surface area contributed by atoms with E-state index in [4.69, 9.17) is 4.42 Å². The highest BCUT2D eigenvalue weighted by Crippen LogP contribution is 2.36. The Bertz CT molecular complexity index is 595. The lowest BCUT2D eigenvalue weighted by Crippen LogP contribution is -2.43. The van der Waals surface area contributed by atoms with E-state index in [1.165, 1.54) is 11.4 Å². The number of hydrogen-bond donors (Lipinski definition) is 0. The molecule has 6 nitrogen and oxygen atoms in total. The van der Waals surface area contributed by atoms with Gasteiger partial charge in [0.05, 0.1) is 31.1 Å². The molecule has 0 bridgehead atoms. The fraction of sp³-hybridized carbons (Fsp3) is 0.667. The first-order valence-electron chi connectivity index (χ1n) is 7.46. The third-order valence-corrected chi connectivity index (χ3v) is 6.18. The second-order valence-corrected chi connectivity index (χ2v) is 7.94. The molecule has 1 fully saturated rings. The van der Waals surface area contributed by atoms with Gasteiger partial charge >= 0.3 is 5.97 Å². The van der Waals surface area contributed by atoms with Crippen LogP contribution in [-0.2, 0) is 19.6 Å². The Hall–Kier alpha value is -1.34. The van der Waals surface area contributed by atoms with E-state index in [1.54, 1.807) is 25.3 Å². The van der Waals surface area contributed by atoms with Crippen molar-refractivity contribution in [2.24, 2.45) is 11.8 Å². The minimum absolute atomic E-state index is 0.245. The number of esters is 1. The van der Waals surface area contributed by atoms with Crippen molar-refractivity contribution < 1.29 is 22.4 Å². The molecule has 1 aromatic rings. The van der Waals surface area contributed by atoms with Crippen LogP contribution in [0.2, 0.25) is 0 Å². The Labute approximate surface area is 131 Å². The number of carbonyl (C=O) groups is 1. The monoisotopic (exact) mass is 329 g/mol. The zero-order chi connectivity index (χ0) is 16.3. The minimum atomic E-state index is -3.56. The SMILES string of the molecule is COC(=O)[C@H](C)CS(=O)(=O)N1CC[C@@H](C)C[C@@H]1c1ccco1. The van der Waals surface area contributed by atoms with Crippen LogP contribution < -0.4 is 0 Å². The number of methoxy groups -OCH3 is 1. The molecule has 0 saturated carbocycles. The van der Waals surface area contributed by atoms with E-state index in [-0.39, 0.29) is 11.8 Å². The lowest BCUT2D eigenvalue weighted by Gasteiger charge is -2.36. The van der Waals surface area contributed by atoms with Crippen LogP contribution in [-0.4, -0.2) is 38.1 Å². The van der Waals surface area contributed by atoms with Gasteiger partial charge in [0.25, 0.3) is 0 Å². The molecule has 0 N–H and O–H groups in total. The largest absolute Gasteiger partial charge is 0.469 e. The van der Waals surface area contributed by atoms with E-state index >= 15 is 0 Å². The van der Waals surface area contributed by atoms with Crippen molar-refractivity contribution in [2.45, 2.75) is 32.7 Å². The zero-order valence-corrected chi connectivity index (χ0v) is 14.0. The number of carbonyl (C=O) groups excluding carboxylic acids is 1. The normalized spacial score (nSPS) is 24.9. The molecule has 0 aromatic carbocycles. The lowest BCUT2D eigenvalue weighted by molar-refractivity contribution is -0.144. The van der Waals surface area contributed by atoms with E-state index in [0.29, 0.717) is 18.2 Å². The summed E-state index contributed by atoms with van der Waals surface area (Å²) >= 11 is 0. The predicted octanol–water partition coefficient (Wildman–Crippen LogP) is 2.19. The van der Waals surface area contributed by atoms with Gasteiger partial charge in [0.15, 0.2) is 0 Å². The third-order valence-electron chi connectivity index (χ3n) is 4.11. The Morgan fingerprint density at radius 2 is 2.27 bits per heavy atom. The second kappa shape index (κ2) is 6.83. The summed E-state index contributed by atoms with van der Waals surface area (Å²) in [4.78, 5) is 11.5. The molecule has 0 aliphatic carbocycles. The molecule has 3 atom stereocenters. The summed E-state index contributed by atoms with van der Waals surface area (Å²) in [6.45, 7) is 4.12. The number of sulfonamides is 1. The summed E-state index contributed by atoms with van der Waals surface area (Å²) in [5.74, 6) is -0.360. The number of furan rings is 1. The van der Waals surface area contributed by atoms with Gasteiger partial charge < -0.3 is 9.15 Å². The minimum Gasteiger partial charge on any atom is -0.469 e. The molecule has 1 aliphatic heterocycles. The van der Waals surface area contributed by atoms with Gasteiger partial charge in [0, 0.05) is 6.54 Å². The van der Waals surface area contributed by atoms with Crippen LogP contribution in [0.15, 0.2) is 22.8 Å². The quantitative estimate of drug-likeness (QED) is 0.774. The van der Waals surface area contributed by atoms with Crippen LogP contribution in [0.5, 0.6) is 0 Å². The van der Waals surface area contributed by atoms with Crippen molar-refractivity contribution in [1.29, 1.82) is 0 Å². The van der Waals surface area contributed by atoms with Crippen LogP contribution >= 0.6 is 0 Å². The van der Waals surface area contributed by atoms with Gasteiger partial charge in [-0.25, -0.2) is 8.42 Å². The van der Waals surface area contributed by atoms with E-state index in [9.17, 15) is 13.2 Å². The average molecular weight is 329 g/mol. The highest BCUT2D eigenvalue weighted by atomic mass is 32.2. The zero-order valence-electron chi connectivity index (χ0n) is 13.2. The molecule has 0 amide bonds. The maximum atomic E-state index is 12.7. The lowest BCUT2D eigenvalue weighted by atomic mass is 9.93. The Balaban J connectivity index is 2.21. The summed E-state index contributed by atoms with van der Waals surface area (Å²) in [5.41, 5.74) is 0. The number of piperidine rings is 1. The van der Waals surface area contributed by atoms with Gasteiger partial charge in [-0.2, -0.15) is 4.31 Å². The second-order valence-electron chi connectivity index (χ2n) is 5.97. The first-order chi connectivity index (χ1) is 10.3. The Morgan fingerprint density at radius 1 is 1.55 bits per heavy atom. The van der Waals surface area contributed by atoms with Gasteiger partial charge in [-0.1, -0.05) is 13.8 Å². The fourth-order valence-corrected chi connectivity index (χ4v) is 4.79. The first-order valence-corrected chi connectivity index (χ1v) is 9.06. The number of rotatable bonds is 5. The van der Waals surface area contributed by atoms with Crippen LogP contribution in [0.25, 0.3) is 0 Å². The summed E-state index contributed by atoms with van der Waals surface area (Å²) in [6, 6.07) is 3.26. The van der Waals surface area contributed by atoms with Crippen molar-refractivity contribution in [3.8, 4) is 0 Å². The van der Waals surface area contributed by atoms with Gasteiger partial charge in [0.2, 0.25) is 10.0 Å². The third kappa shape index (κ3) is 3.70. The highest BCUT2D eigenvalue weighted by Gasteiger charge is 2.38. The molecule has 7 heteroatoms. The van der Waals surface area contributed by atoms with Crippen molar-refractivity contribution in [1.82, 2.24) is 4.31 Å². The maximum Gasteiger partial charge on any atom is 0.309 e. The van der Waals surface area contributed by atoms with E-state index in [2.05, 4.69) is 11.7 Å². The molecule has 1 aliphatic rings. The molecule has 124 valence electrons.